The maximum atomic E-state index is 13.5. The summed E-state index contributed by atoms with van der Waals surface area (Å²) in [6.07, 6.45) is -4.60. The smallest absolute Gasteiger partial charge is 0.420 e. The molecule has 0 radical (unpaired) electrons. The van der Waals surface area contributed by atoms with E-state index in [0.717, 1.165) is 12.1 Å². The summed E-state index contributed by atoms with van der Waals surface area (Å²) in [6.45, 7) is -0.321. The molecule has 0 spiro atoms. The zero-order valence-corrected chi connectivity index (χ0v) is 12.1. The molecule has 0 saturated heterocycles. The summed E-state index contributed by atoms with van der Waals surface area (Å²) in [7, 11) is 0. The predicted octanol–water partition coefficient (Wildman–Crippen LogP) is 4.77. The van der Waals surface area contributed by atoms with E-state index in [1.807, 2.05) is 0 Å². The van der Waals surface area contributed by atoms with Crippen molar-refractivity contribution in [1.29, 1.82) is 0 Å². The van der Waals surface area contributed by atoms with E-state index >= 15 is 0 Å². The summed E-state index contributed by atoms with van der Waals surface area (Å²) in [6, 6.07) is 7.34. The summed E-state index contributed by atoms with van der Waals surface area (Å²) in [5, 5.41) is 0. The van der Waals surface area contributed by atoms with Gasteiger partial charge in [0.05, 0.1) is 5.56 Å². The molecular formula is C14H10BrF4NO. The molecule has 0 heterocycles. The van der Waals surface area contributed by atoms with Crippen LogP contribution < -0.4 is 10.5 Å². The van der Waals surface area contributed by atoms with Crippen LogP contribution in [0.1, 0.15) is 11.1 Å². The first-order valence-electron chi connectivity index (χ1n) is 5.81. The van der Waals surface area contributed by atoms with Gasteiger partial charge in [-0.15, -0.1) is 0 Å². The molecule has 0 fully saturated rings. The van der Waals surface area contributed by atoms with E-state index in [1.54, 1.807) is 0 Å². The molecular weight excluding hydrogens is 354 g/mol. The van der Waals surface area contributed by atoms with E-state index in [1.165, 1.54) is 24.3 Å². The Bertz CT molecular complexity index is 658. The van der Waals surface area contributed by atoms with Gasteiger partial charge in [0.1, 0.15) is 18.2 Å². The minimum Gasteiger partial charge on any atom is -0.488 e. The molecule has 21 heavy (non-hydrogen) atoms. The van der Waals surface area contributed by atoms with Gasteiger partial charge in [-0.2, -0.15) is 13.2 Å². The Balaban J connectivity index is 2.26. The lowest BCUT2D eigenvalue weighted by Crippen LogP contribution is -2.10. The summed E-state index contributed by atoms with van der Waals surface area (Å²) in [5.74, 6) is -0.946. The van der Waals surface area contributed by atoms with Gasteiger partial charge in [-0.05, 0) is 36.4 Å². The number of nitrogens with two attached hydrogens (primary N) is 1. The minimum atomic E-state index is -4.60. The minimum absolute atomic E-state index is 0.0247. The van der Waals surface area contributed by atoms with Crippen LogP contribution in [0.4, 0.5) is 23.2 Å². The second kappa shape index (κ2) is 5.93. The van der Waals surface area contributed by atoms with Gasteiger partial charge in [-0.1, -0.05) is 15.9 Å². The first-order valence-corrected chi connectivity index (χ1v) is 6.60. The summed E-state index contributed by atoms with van der Waals surface area (Å²) in [4.78, 5) is 0. The fourth-order valence-corrected chi connectivity index (χ4v) is 2.11. The predicted molar refractivity (Wildman–Crippen MR) is 74.3 cm³/mol. The molecule has 0 aromatic heterocycles. The van der Waals surface area contributed by atoms with Crippen molar-refractivity contribution >= 4 is 21.6 Å². The maximum absolute atomic E-state index is 13.5. The van der Waals surface area contributed by atoms with E-state index in [-0.39, 0.29) is 17.9 Å². The largest absolute Gasteiger partial charge is 0.488 e. The van der Waals surface area contributed by atoms with Crippen molar-refractivity contribution in [2.45, 2.75) is 12.8 Å². The molecule has 7 heteroatoms. The lowest BCUT2D eigenvalue weighted by Gasteiger charge is -2.15. The third-order valence-electron chi connectivity index (χ3n) is 2.70. The van der Waals surface area contributed by atoms with Crippen molar-refractivity contribution in [1.82, 2.24) is 0 Å². The molecule has 0 aliphatic rings. The van der Waals surface area contributed by atoms with Crippen LogP contribution in [0.25, 0.3) is 0 Å². The maximum Gasteiger partial charge on any atom is 0.420 e. The lowest BCUT2D eigenvalue weighted by atomic mass is 10.1. The van der Waals surface area contributed by atoms with Crippen LogP contribution >= 0.6 is 15.9 Å². The van der Waals surface area contributed by atoms with Crippen molar-refractivity contribution in [3.8, 4) is 5.75 Å². The average molecular weight is 364 g/mol. The number of ether oxygens (including phenoxy) is 1. The van der Waals surface area contributed by atoms with E-state index in [9.17, 15) is 17.6 Å². The number of nitrogen functional groups attached to an aromatic ring is 1. The average Bonchev–Trinajstić information content (AvgIpc) is 2.40. The molecule has 0 amide bonds. The normalized spacial score (nSPS) is 11.5. The fourth-order valence-electron chi connectivity index (χ4n) is 1.70. The highest BCUT2D eigenvalue weighted by Crippen LogP contribution is 2.37. The first kappa shape index (κ1) is 15.6. The highest BCUT2D eigenvalue weighted by Gasteiger charge is 2.34. The van der Waals surface area contributed by atoms with Gasteiger partial charge in [0.25, 0.3) is 0 Å². The number of anilines is 1. The quantitative estimate of drug-likeness (QED) is 0.629. The number of hydrogen-bond donors (Lipinski definition) is 1. The van der Waals surface area contributed by atoms with Crippen molar-refractivity contribution in [3.63, 3.8) is 0 Å². The van der Waals surface area contributed by atoms with E-state index in [4.69, 9.17) is 10.5 Å². The Kier molecular flexibility index (Phi) is 4.41. The molecule has 0 saturated carbocycles. The molecule has 0 aliphatic carbocycles. The molecule has 0 atom stereocenters. The number of hydrogen-bond acceptors (Lipinski definition) is 2. The monoisotopic (exact) mass is 363 g/mol. The van der Waals surface area contributed by atoms with E-state index in [0.29, 0.717) is 4.47 Å². The standard InChI is InChI=1S/C14H10BrF4NO/c15-9-1-3-12(16)8(5-9)7-21-13-4-2-10(20)6-11(13)14(17,18)19/h1-6H,7,20H2. The summed E-state index contributed by atoms with van der Waals surface area (Å²) in [5.41, 5.74) is 4.49. The molecule has 2 aromatic carbocycles. The Labute approximate surface area is 126 Å². The van der Waals surface area contributed by atoms with Gasteiger partial charge < -0.3 is 10.5 Å². The van der Waals surface area contributed by atoms with Gasteiger partial charge in [-0.3, -0.25) is 0 Å². The van der Waals surface area contributed by atoms with Gasteiger partial charge in [0.2, 0.25) is 0 Å². The number of benzene rings is 2. The Hall–Kier alpha value is -1.76. The lowest BCUT2D eigenvalue weighted by molar-refractivity contribution is -0.139. The van der Waals surface area contributed by atoms with Crippen molar-refractivity contribution < 1.29 is 22.3 Å². The Morgan fingerprint density at radius 1 is 1.10 bits per heavy atom. The van der Waals surface area contributed by atoms with Gasteiger partial charge >= 0.3 is 6.18 Å². The zero-order valence-electron chi connectivity index (χ0n) is 10.5. The Morgan fingerprint density at radius 3 is 2.48 bits per heavy atom. The van der Waals surface area contributed by atoms with Crippen molar-refractivity contribution in [2.75, 3.05) is 5.73 Å². The molecule has 0 bridgehead atoms. The van der Waals surface area contributed by atoms with Gasteiger partial charge in [0.15, 0.2) is 0 Å². The number of halogens is 5. The number of alkyl halides is 3. The van der Waals surface area contributed by atoms with E-state index < -0.39 is 23.3 Å². The highest BCUT2D eigenvalue weighted by atomic mass is 79.9. The summed E-state index contributed by atoms with van der Waals surface area (Å²) < 4.78 is 57.9. The van der Waals surface area contributed by atoms with Crippen LogP contribution in [-0.4, -0.2) is 0 Å². The molecule has 2 N–H and O–H groups in total. The first-order chi connectivity index (χ1) is 9.77. The van der Waals surface area contributed by atoms with Crippen LogP contribution in [0.5, 0.6) is 5.75 Å². The molecule has 0 unspecified atom stereocenters. The molecule has 2 aromatic rings. The van der Waals surface area contributed by atoms with Crippen molar-refractivity contribution in [2.24, 2.45) is 0 Å². The second-order valence-electron chi connectivity index (χ2n) is 4.28. The zero-order chi connectivity index (χ0) is 15.6. The van der Waals surface area contributed by atoms with Crippen molar-refractivity contribution in [3.05, 3.63) is 57.8 Å². The van der Waals surface area contributed by atoms with Crippen LogP contribution in [0, 0.1) is 5.82 Å². The third kappa shape index (κ3) is 3.87. The topological polar surface area (TPSA) is 35.2 Å². The highest BCUT2D eigenvalue weighted by molar-refractivity contribution is 9.10. The van der Waals surface area contributed by atoms with Gasteiger partial charge in [0, 0.05) is 15.7 Å². The third-order valence-corrected chi connectivity index (χ3v) is 3.19. The van der Waals surface area contributed by atoms with Crippen LogP contribution in [0.15, 0.2) is 40.9 Å². The van der Waals surface area contributed by atoms with Crippen LogP contribution in [0.2, 0.25) is 0 Å². The Morgan fingerprint density at radius 2 is 1.81 bits per heavy atom. The molecule has 2 rings (SSSR count). The van der Waals surface area contributed by atoms with Crippen LogP contribution in [0.3, 0.4) is 0 Å². The SMILES string of the molecule is Nc1ccc(OCc2cc(Br)ccc2F)c(C(F)(F)F)c1. The summed E-state index contributed by atoms with van der Waals surface area (Å²) >= 11 is 3.16. The van der Waals surface area contributed by atoms with Gasteiger partial charge in [-0.25, -0.2) is 4.39 Å². The number of rotatable bonds is 3. The molecule has 2 nitrogen and oxygen atoms in total. The molecule has 112 valence electrons. The van der Waals surface area contributed by atoms with Crippen LogP contribution in [-0.2, 0) is 12.8 Å². The molecule has 0 aliphatic heterocycles. The van der Waals surface area contributed by atoms with E-state index in [2.05, 4.69) is 15.9 Å². The second-order valence-corrected chi connectivity index (χ2v) is 5.19. The fraction of sp³-hybridized carbons (Fsp3) is 0.143.